The molecule has 1 fully saturated rings. The molecule has 1 aromatic heterocycles. The summed E-state index contributed by atoms with van der Waals surface area (Å²) in [7, 11) is 0. The SMILES string of the molecule is Cc1nn(C(F)F)c(C)c1CC(=O)NCC1(C(=O)O)CCOCC1. The number of aryl methyl sites for hydroxylation is 1. The molecule has 1 aromatic rings. The normalized spacial score (nSPS) is 17.0. The number of carboxylic acid groups (broad SMARTS) is 1. The van der Waals surface area contributed by atoms with Crippen LogP contribution < -0.4 is 5.32 Å². The Kier molecular flexibility index (Phi) is 5.53. The van der Waals surface area contributed by atoms with E-state index >= 15 is 0 Å². The predicted molar refractivity (Wildman–Crippen MR) is 79.8 cm³/mol. The minimum Gasteiger partial charge on any atom is -0.481 e. The molecule has 24 heavy (non-hydrogen) atoms. The van der Waals surface area contributed by atoms with Crippen molar-refractivity contribution in [2.75, 3.05) is 19.8 Å². The summed E-state index contributed by atoms with van der Waals surface area (Å²) < 4.78 is 31.4. The van der Waals surface area contributed by atoms with Crippen LogP contribution in [0, 0.1) is 19.3 Å². The van der Waals surface area contributed by atoms with Crippen molar-refractivity contribution >= 4 is 11.9 Å². The first-order valence-corrected chi connectivity index (χ1v) is 7.67. The second kappa shape index (κ2) is 7.25. The quantitative estimate of drug-likeness (QED) is 0.814. The number of aliphatic carboxylic acids is 1. The van der Waals surface area contributed by atoms with E-state index in [0.717, 1.165) is 0 Å². The first-order valence-electron chi connectivity index (χ1n) is 7.67. The molecule has 0 radical (unpaired) electrons. The number of amides is 1. The Hall–Kier alpha value is -2.03. The van der Waals surface area contributed by atoms with Crippen molar-refractivity contribution in [2.24, 2.45) is 5.41 Å². The van der Waals surface area contributed by atoms with Crippen LogP contribution in [0.4, 0.5) is 8.78 Å². The van der Waals surface area contributed by atoms with Crippen molar-refractivity contribution in [3.05, 3.63) is 17.0 Å². The van der Waals surface area contributed by atoms with Crippen LogP contribution in [0.25, 0.3) is 0 Å². The van der Waals surface area contributed by atoms with Crippen LogP contribution in [0.3, 0.4) is 0 Å². The third-order valence-electron chi connectivity index (χ3n) is 4.52. The highest BCUT2D eigenvalue weighted by Crippen LogP contribution is 2.30. The van der Waals surface area contributed by atoms with Crippen LogP contribution in [-0.2, 0) is 20.7 Å². The summed E-state index contributed by atoms with van der Waals surface area (Å²) in [5.41, 5.74) is -0.00620. The van der Waals surface area contributed by atoms with E-state index in [1.165, 1.54) is 6.92 Å². The van der Waals surface area contributed by atoms with Gasteiger partial charge in [0.1, 0.15) is 0 Å². The van der Waals surface area contributed by atoms with Gasteiger partial charge in [-0.15, -0.1) is 0 Å². The van der Waals surface area contributed by atoms with E-state index in [1.807, 2.05) is 0 Å². The van der Waals surface area contributed by atoms with Crippen molar-refractivity contribution in [1.29, 1.82) is 0 Å². The molecule has 1 amide bonds. The molecule has 1 saturated heterocycles. The molecule has 0 atom stereocenters. The highest BCUT2D eigenvalue weighted by Gasteiger charge is 2.40. The van der Waals surface area contributed by atoms with E-state index in [4.69, 9.17) is 4.74 Å². The van der Waals surface area contributed by atoms with Gasteiger partial charge in [0.05, 0.1) is 17.5 Å². The minimum atomic E-state index is -2.77. The van der Waals surface area contributed by atoms with Crippen LogP contribution in [0.2, 0.25) is 0 Å². The number of nitrogens with zero attached hydrogens (tertiary/aromatic N) is 2. The fraction of sp³-hybridized carbons (Fsp3) is 0.667. The number of nitrogens with one attached hydrogen (secondary N) is 1. The molecule has 134 valence electrons. The van der Waals surface area contributed by atoms with Crippen LogP contribution in [0.15, 0.2) is 0 Å². The van der Waals surface area contributed by atoms with Gasteiger partial charge in [-0.1, -0.05) is 0 Å². The molecule has 2 N–H and O–H groups in total. The van der Waals surface area contributed by atoms with E-state index in [1.54, 1.807) is 6.92 Å². The van der Waals surface area contributed by atoms with Crippen molar-refractivity contribution in [2.45, 2.75) is 39.7 Å². The molecule has 7 nitrogen and oxygen atoms in total. The van der Waals surface area contributed by atoms with Crippen LogP contribution in [0.5, 0.6) is 0 Å². The Balaban J connectivity index is 2.02. The van der Waals surface area contributed by atoms with Gasteiger partial charge in [-0.2, -0.15) is 13.9 Å². The molecular formula is C15H21F2N3O4. The molecule has 0 unspecified atom stereocenters. The van der Waals surface area contributed by atoms with Gasteiger partial charge in [-0.25, -0.2) is 4.68 Å². The summed E-state index contributed by atoms with van der Waals surface area (Å²) in [6, 6.07) is 0. The number of carbonyl (C=O) groups is 2. The highest BCUT2D eigenvalue weighted by atomic mass is 19.3. The van der Waals surface area contributed by atoms with E-state index in [0.29, 0.717) is 42.0 Å². The van der Waals surface area contributed by atoms with E-state index in [2.05, 4.69) is 10.4 Å². The van der Waals surface area contributed by atoms with Gasteiger partial charge in [-0.3, -0.25) is 9.59 Å². The Morgan fingerprint density at radius 2 is 2.00 bits per heavy atom. The lowest BCUT2D eigenvalue weighted by atomic mass is 9.80. The van der Waals surface area contributed by atoms with Crippen molar-refractivity contribution < 1.29 is 28.2 Å². The predicted octanol–water partition coefficient (Wildman–Crippen LogP) is 1.44. The smallest absolute Gasteiger partial charge is 0.333 e. The van der Waals surface area contributed by atoms with E-state index < -0.39 is 23.8 Å². The van der Waals surface area contributed by atoms with Gasteiger partial charge in [-0.05, 0) is 26.7 Å². The van der Waals surface area contributed by atoms with Crippen molar-refractivity contribution in [3.8, 4) is 0 Å². The Morgan fingerprint density at radius 1 is 1.38 bits per heavy atom. The molecule has 2 rings (SSSR count). The Labute approximate surface area is 138 Å². The molecule has 0 bridgehead atoms. The fourth-order valence-electron chi connectivity index (χ4n) is 2.86. The third-order valence-corrected chi connectivity index (χ3v) is 4.52. The molecule has 0 saturated carbocycles. The monoisotopic (exact) mass is 345 g/mol. The number of rotatable bonds is 6. The number of halogens is 2. The second-order valence-electron chi connectivity index (χ2n) is 6.02. The molecular weight excluding hydrogens is 324 g/mol. The minimum absolute atomic E-state index is 0.00833. The second-order valence-corrected chi connectivity index (χ2v) is 6.02. The van der Waals surface area contributed by atoms with E-state index in [9.17, 15) is 23.5 Å². The fourth-order valence-corrected chi connectivity index (χ4v) is 2.86. The maximum Gasteiger partial charge on any atom is 0.333 e. The largest absolute Gasteiger partial charge is 0.481 e. The average Bonchev–Trinajstić information content (AvgIpc) is 2.82. The zero-order valence-electron chi connectivity index (χ0n) is 13.6. The summed E-state index contributed by atoms with van der Waals surface area (Å²) in [6.07, 6.45) is 0.532. The van der Waals surface area contributed by atoms with Crippen LogP contribution in [0.1, 0.15) is 36.3 Å². The number of carbonyl (C=O) groups excluding carboxylic acids is 1. The van der Waals surface area contributed by atoms with Gasteiger partial charge < -0.3 is 15.2 Å². The van der Waals surface area contributed by atoms with Crippen molar-refractivity contribution in [3.63, 3.8) is 0 Å². The van der Waals surface area contributed by atoms with Gasteiger partial charge in [0.25, 0.3) is 0 Å². The summed E-state index contributed by atoms with van der Waals surface area (Å²) in [5, 5.41) is 15.8. The molecule has 0 aromatic carbocycles. The Morgan fingerprint density at radius 3 is 2.50 bits per heavy atom. The lowest BCUT2D eigenvalue weighted by Gasteiger charge is -2.33. The molecule has 0 spiro atoms. The maximum absolute atomic E-state index is 12.8. The molecule has 2 heterocycles. The van der Waals surface area contributed by atoms with E-state index in [-0.39, 0.29) is 18.7 Å². The molecule has 1 aliphatic rings. The number of hydrogen-bond donors (Lipinski definition) is 2. The lowest BCUT2D eigenvalue weighted by molar-refractivity contribution is -0.154. The average molecular weight is 345 g/mol. The van der Waals surface area contributed by atoms with Gasteiger partial charge in [0.15, 0.2) is 0 Å². The van der Waals surface area contributed by atoms with Gasteiger partial charge >= 0.3 is 12.5 Å². The lowest BCUT2D eigenvalue weighted by Crippen LogP contribution is -2.46. The number of alkyl halides is 2. The number of carboxylic acids is 1. The highest BCUT2D eigenvalue weighted by molar-refractivity contribution is 5.81. The molecule has 9 heteroatoms. The topological polar surface area (TPSA) is 93.5 Å². The van der Waals surface area contributed by atoms with Gasteiger partial charge in [0.2, 0.25) is 5.91 Å². The summed E-state index contributed by atoms with van der Waals surface area (Å²) in [4.78, 5) is 23.7. The van der Waals surface area contributed by atoms with Gasteiger partial charge in [0, 0.05) is 31.0 Å². The zero-order chi connectivity index (χ0) is 17.9. The summed E-state index contributed by atoms with van der Waals surface area (Å²) in [5.74, 6) is -1.38. The summed E-state index contributed by atoms with van der Waals surface area (Å²) >= 11 is 0. The number of hydrogen-bond acceptors (Lipinski definition) is 4. The summed E-state index contributed by atoms with van der Waals surface area (Å²) in [6.45, 7) is 0.935. The molecule has 1 aliphatic heterocycles. The zero-order valence-corrected chi connectivity index (χ0v) is 13.6. The number of ether oxygens (including phenoxy) is 1. The Bertz CT molecular complexity index is 624. The third kappa shape index (κ3) is 3.72. The first-order chi connectivity index (χ1) is 11.3. The van der Waals surface area contributed by atoms with Crippen LogP contribution in [-0.4, -0.2) is 46.5 Å². The first kappa shape index (κ1) is 18.3. The van der Waals surface area contributed by atoms with Crippen molar-refractivity contribution in [1.82, 2.24) is 15.1 Å². The van der Waals surface area contributed by atoms with Crippen LogP contribution >= 0.6 is 0 Å². The standard InChI is InChI=1S/C15H21F2N3O4/c1-9-11(10(2)20(19-9)14(16)17)7-12(21)18-8-15(13(22)23)3-5-24-6-4-15/h14H,3-8H2,1-2H3,(H,18,21)(H,22,23). The number of aromatic nitrogens is 2. The molecule has 0 aliphatic carbocycles. The maximum atomic E-state index is 12.8.